The lowest BCUT2D eigenvalue weighted by molar-refractivity contribution is 0.102. The molecular weight excluding hydrogens is 360 g/mol. The molecule has 1 aromatic heterocycles. The molecule has 3 rings (SSSR count). The highest BCUT2D eigenvalue weighted by atomic mass is 16.5. The number of hydrogen-bond acceptors (Lipinski definition) is 5. The number of carbonyl (C=O) groups excluding carboxylic acids is 1. The smallest absolute Gasteiger partial charge is 0.273 e. The number of carbonyl (C=O) groups is 1. The number of H-pyrrole nitrogens is 1. The third-order valence-electron chi connectivity index (χ3n) is 3.90. The molecule has 144 valence electrons. The molecule has 9 heteroatoms. The molecule has 28 heavy (non-hydrogen) atoms. The van der Waals surface area contributed by atoms with Gasteiger partial charge >= 0.3 is 0 Å². The first-order chi connectivity index (χ1) is 13.5. The number of ether oxygens (including phenoxy) is 2. The summed E-state index contributed by atoms with van der Waals surface area (Å²) >= 11 is 0. The molecule has 0 aliphatic carbocycles. The molecule has 0 saturated heterocycles. The predicted octanol–water partition coefficient (Wildman–Crippen LogP) is 2.25. The van der Waals surface area contributed by atoms with E-state index in [2.05, 4.69) is 20.5 Å². The van der Waals surface area contributed by atoms with Crippen LogP contribution in [0.1, 0.15) is 10.5 Å². The van der Waals surface area contributed by atoms with E-state index in [1.54, 1.807) is 43.5 Å². The van der Waals surface area contributed by atoms with Crippen LogP contribution < -0.4 is 26.3 Å². The minimum atomic E-state index is -0.348. The number of aliphatic imine (C=N–C) groups is 1. The zero-order valence-corrected chi connectivity index (χ0v) is 15.4. The van der Waals surface area contributed by atoms with Crippen LogP contribution in [0.4, 0.5) is 11.4 Å². The molecule has 1 amide bonds. The summed E-state index contributed by atoms with van der Waals surface area (Å²) in [5, 5.41) is 9.71. The summed E-state index contributed by atoms with van der Waals surface area (Å²) in [6, 6.07) is 13.9. The fraction of sp³-hybridized carbons (Fsp3) is 0.105. The van der Waals surface area contributed by atoms with Crippen molar-refractivity contribution in [2.24, 2.45) is 16.5 Å². The Bertz CT molecular complexity index is 1010. The van der Waals surface area contributed by atoms with Gasteiger partial charge in [0, 0.05) is 11.6 Å². The van der Waals surface area contributed by atoms with Gasteiger partial charge in [-0.1, -0.05) is 12.1 Å². The molecule has 0 radical (unpaired) electrons. The van der Waals surface area contributed by atoms with Crippen molar-refractivity contribution in [3.05, 3.63) is 54.2 Å². The Hall–Kier alpha value is -4.01. The van der Waals surface area contributed by atoms with Gasteiger partial charge in [0.05, 0.1) is 31.3 Å². The Kier molecular flexibility index (Phi) is 5.45. The van der Waals surface area contributed by atoms with Crippen molar-refractivity contribution in [3.8, 4) is 22.8 Å². The van der Waals surface area contributed by atoms with E-state index < -0.39 is 0 Å². The molecule has 0 unspecified atom stereocenters. The van der Waals surface area contributed by atoms with Gasteiger partial charge in [0.25, 0.3) is 5.91 Å². The first-order valence-electron chi connectivity index (χ1n) is 8.29. The van der Waals surface area contributed by atoms with Gasteiger partial charge in [0.1, 0.15) is 17.2 Å². The van der Waals surface area contributed by atoms with E-state index in [4.69, 9.17) is 20.9 Å². The van der Waals surface area contributed by atoms with Crippen LogP contribution in [0.3, 0.4) is 0 Å². The molecular formula is C19H20N6O3. The summed E-state index contributed by atoms with van der Waals surface area (Å²) in [6.07, 6.45) is 0. The summed E-state index contributed by atoms with van der Waals surface area (Å²) in [5.74, 6) is 0.755. The Balaban J connectivity index is 1.76. The topological polar surface area (TPSA) is 141 Å². The number of aromatic amines is 1. The molecule has 3 aromatic rings. The number of benzene rings is 2. The molecule has 0 aliphatic heterocycles. The second kappa shape index (κ2) is 8.12. The number of rotatable bonds is 6. The first-order valence-corrected chi connectivity index (χ1v) is 8.29. The van der Waals surface area contributed by atoms with Gasteiger partial charge in [0.2, 0.25) is 0 Å². The number of amides is 1. The van der Waals surface area contributed by atoms with Crippen molar-refractivity contribution in [1.29, 1.82) is 0 Å². The minimum Gasteiger partial charge on any atom is -0.497 e. The van der Waals surface area contributed by atoms with Crippen molar-refractivity contribution in [3.63, 3.8) is 0 Å². The van der Waals surface area contributed by atoms with Crippen molar-refractivity contribution >= 4 is 23.2 Å². The van der Waals surface area contributed by atoms with Crippen molar-refractivity contribution in [2.75, 3.05) is 19.5 Å². The average Bonchev–Trinajstić information content (AvgIpc) is 3.18. The highest BCUT2D eigenvalue weighted by Gasteiger charge is 2.14. The van der Waals surface area contributed by atoms with Gasteiger partial charge in [-0.15, -0.1) is 0 Å². The summed E-state index contributed by atoms with van der Waals surface area (Å²) in [4.78, 5) is 16.5. The van der Waals surface area contributed by atoms with Gasteiger partial charge in [-0.05, 0) is 30.3 Å². The van der Waals surface area contributed by atoms with Crippen molar-refractivity contribution < 1.29 is 14.3 Å². The van der Waals surface area contributed by atoms with E-state index in [0.717, 1.165) is 5.56 Å². The number of aromatic nitrogens is 2. The van der Waals surface area contributed by atoms with Crippen molar-refractivity contribution in [1.82, 2.24) is 10.2 Å². The lowest BCUT2D eigenvalue weighted by Gasteiger charge is -2.10. The highest BCUT2D eigenvalue weighted by molar-refractivity contribution is 6.04. The number of guanidine groups is 1. The number of nitrogens with one attached hydrogen (secondary N) is 2. The molecule has 6 N–H and O–H groups in total. The van der Waals surface area contributed by atoms with Gasteiger partial charge < -0.3 is 26.3 Å². The van der Waals surface area contributed by atoms with E-state index in [9.17, 15) is 4.79 Å². The summed E-state index contributed by atoms with van der Waals surface area (Å²) in [6.45, 7) is 0. The monoisotopic (exact) mass is 380 g/mol. The van der Waals surface area contributed by atoms with E-state index in [1.165, 1.54) is 7.11 Å². The van der Waals surface area contributed by atoms with Crippen LogP contribution >= 0.6 is 0 Å². The van der Waals surface area contributed by atoms with Gasteiger partial charge in [-0.2, -0.15) is 5.10 Å². The standard InChI is InChI=1S/C19H20N6O3/c1-27-13-7-8-14(17(9-13)28-2)23-18(26)16-10-15(24-25-16)11-3-5-12(6-4-11)22-19(20)21/h3-10H,1-2H3,(H,23,26)(H,24,25)(H4,20,21,22). The van der Waals surface area contributed by atoms with Gasteiger partial charge in [0.15, 0.2) is 5.96 Å². The lowest BCUT2D eigenvalue weighted by atomic mass is 10.1. The predicted molar refractivity (Wildman–Crippen MR) is 107 cm³/mol. The Morgan fingerprint density at radius 3 is 2.46 bits per heavy atom. The maximum absolute atomic E-state index is 12.5. The lowest BCUT2D eigenvalue weighted by Crippen LogP contribution is -2.21. The summed E-state index contributed by atoms with van der Waals surface area (Å²) in [7, 11) is 3.08. The van der Waals surface area contributed by atoms with E-state index in [1.807, 2.05) is 12.1 Å². The summed E-state index contributed by atoms with van der Waals surface area (Å²) < 4.78 is 10.4. The zero-order chi connectivity index (χ0) is 20.1. The largest absolute Gasteiger partial charge is 0.497 e. The zero-order valence-electron chi connectivity index (χ0n) is 15.4. The Labute approximate surface area is 161 Å². The Morgan fingerprint density at radius 2 is 1.82 bits per heavy atom. The van der Waals surface area contributed by atoms with Crippen LogP contribution in [0.2, 0.25) is 0 Å². The molecule has 2 aromatic carbocycles. The molecule has 1 heterocycles. The fourth-order valence-corrected chi connectivity index (χ4v) is 2.53. The second-order valence-electron chi connectivity index (χ2n) is 5.77. The normalized spacial score (nSPS) is 10.2. The second-order valence-corrected chi connectivity index (χ2v) is 5.77. The van der Waals surface area contributed by atoms with Crippen molar-refractivity contribution in [2.45, 2.75) is 0 Å². The SMILES string of the molecule is COc1ccc(NC(=O)c2cc(-c3ccc(N=C(N)N)cc3)n[nH]2)c(OC)c1. The van der Waals surface area contributed by atoms with Gasteiger partial charge in [-0.3, -0.25) is 9.89 Å². The fourth-order valence-electron chi connectivity index (χ4n) is 2.53. The molecule has 0 bridgehead atoms. The maximum Gasteiger partial charge on any atom is 0.273 e. The quantitative estimate of drug-likeness (QED) is 0.382. The van der Waals surface area contributed by atoms with Crippen LogP contribution in [0.25, 0.3) is 11.3 Å². The first kappa shape index (κ1) is 18.8. The maximum atomic E-state index is 12.5. The minimum absolute atomic E-state index is 0.0135. The average molecular weight is 380 g/mol. The Morgan fingerprint density at radius 1 is 1.07 bits per heavy atom. The number of methoxy groups -OCH3 is 2. The van der Waals surface area contributed by atoms with Crippen LogP contribution in [0.5, 0.6) is 11.5 Å². The number of nitrogens with two attached hydrogens (primary N) is 2. The van der Waals surface area contributed by atoms with E-state index >= 15 is 0 Å². The highest BCUT2D eigenvalue weighted by Crippen LogP contribution is 2.29. The van der Waals surface area contributed by atoms with Crippen LogP contribution in [-0.4, -0.2) is 36.3 Å². The molecule has 0 atom stereocenters. The number of anilines is 1. The molecule has 0 saturated carbocycles. The van der Waals surface area contributed by atoms with Crippen LogP contribution in [0, 0.1) is 0 Å². The van der Waals surface area contributed by atoms with E-state index in [0.29, 0.717) is 34.3 Å². The third kappa shape index (κ3) is 4.21. The van der Waals surface area contributed by atoms with Crippen LogP contribution in [-0.2, 0) is 0 Å². The number of hydrogen-bond donors (Lipinski definition) is 4. The summed E-state index contributed by atoms with van der Waals surface area (Å²) in [5.41, 5.74) is 13.6. The third-order valence-corrected chi connectivity index (χ3v) is 3.90. The molecule has 9 nitrogen and oxygen atoms in total. The molecule has 0 aliphatic rings. The molecule has 0 spiro atoms. The van der Waals surface area contributed by atoms with Gasteiger partial charge in [-0.25, -0.2) is 4.99 Å². The van der Waals surface area contributed by atoms with E-state index in [-0.39, 0.29) is 11.9 Å². The molecule has 0 fully saturated rings. The number of nitrogens with zero attached hydrogens (tertiary/aromatic N) is 2. The van der Waals surface area contributed by atoms with Crippen LogP contribution in [0.15, 0.2) is 53.5 Å².